The number of hydrogen-bond donors (Lipinski definition) is 0. The maximum atomic E-state index is 13.8. The first-order chi connectivity index (χ1) is 19.3. The molecule has 0 unspecified atom stereocenters. The number of allylic oxidation sites excluding steroid dienone is 1. The van der Waals surface area contributed by atoms with Crippen LogP contribution in [0, 0.1) is 0 Å². The van der Waals surface area contributed by atoms with Gasteiger partial charge in [-0.15, -0.1) is 0 Å². The first-order valence-corrected chi connectivity index (χ1v) is 13.8. The van der Waals surface area contributed by atoms with Crippen molar-refractivity contribution in [1.29, 1.82) is 0 Å². The van der Waals surface area contributed by atoms with E-state index < -0.39 is 12.0 Å². The second-order valence-electron chi connectivity index (χ2n) is 9.65. The third-order valence-electron chi connectivity index (χ3n) is 6.44. The maximum Gasteiger partial charge on any atom is 0.338 e. The lowest BCUT2D eigenvalue weighted by atomic mass is 9.96. The molecule has 1 aliphatic heterocycles. The molecule has 0 aliphatic carbocycles. The quantitative estimate of drug-likeness (QED) is 0.293. The van der Waals surface area contributed by atoms with Crippen LogP contribution in [0.5, 0.6) is 11.5 Å². The van der Waals surface area contributed by atoms with Crippen LogP contribution in [0.25, 0.3) is 6.08 Å². The molecule has 2 heterocycles. The average molecular weight is 555 g/mol. The first-order valence-electron chi connectivity index (χ1n) is 13.0. The van der Waals surface area contributed by atoms with Crippen molar-refractivity contribution < 1.29 is 19.0 Å². The zero-order valence-electron chi connectivity index (χ0n) is 22.8. The fraction of sp³-hybridized carbons (Fsp3) is 0.219. The highest BCUT2D eigenvalue weighted by Crippen LogP contribution is 2.32. The van der Waals surface area contributed by atoms with Gasteiger partial charge in [0.1, 0.15) is 18.1 Å². The minimum atomic E-state index is -0.677. The van der Waals surface area contributed by atoms with Gasteiger partial charge in [0.05, 0.1) is 35.1 Å². The Morgan fingerprint density at radius 3 is 2.33 bits per heavy atom. The van der Waals surface area contributed by atoms with E-state index in [4.69, 9.17) is 14.2 Å². The summed E-state index contributed by atoms with van der Waals surface area (Å²) in [5.41, 5.74) is 3.35. The van der Waals surface area contributed by atoms with Gasteiger partial charge >= 0.3 is 5.97 Å². The summed E-state index contributed by atoms with van der Waals surface area (Å²) in [6, 6.07) is 24.2. The van der Waals surface area contributed by atoms with Crippen molar-refractivity contribution in [3.63, 3.8) is 0 Å². The standard InChI is InChI=1S/C32H30N2O5S/c1-20(2)39-31(36)28-21(3)33-32-34(29(28)24-12-16-25(37-4)17-13-24)30(35)27(40-32)18-22-10-14-26(15-11-22)38-19-23-8-6-5-7-9-23/h5-18,20,29H,19H2,1-4H3/b27-18+/t29-/m1/s1. The molecule has 0 N–H and O–H groups in total. The molecule has 3 aromatic carbocycles. The molecular weight excluding hydrogens is 524 g/mol. The summed E-state index contributed by atoms with van der Waals surface area (Å²) in [5.74, 6) is 0.933. The number of aromatic nitrogens is 1. The zero-order chi connectivity index (χ0) is 28.2. The molecule has 8 heteroatoms. The lowest BCUT2D eigenvalue weighted by Gasteiger charge is -2.25. The van der Waals surface area contributed by atoms with E-state index in [2.05, 4.69) is 4.99 Å². The number of hydrogen-bond acceptors (Lipinski definition) is 7. The maximum absolute atomic E-state index is 13.8. The van der Waals surface area contributed by atoms with E-state index in [9.17, 15) is 9.59 Å². The number of ether oxygens (including phenoxy) is 3. The summed E-state index contributed by atoms with van der Waals surface area (Å²) in [7, 11) is 1.59. The third kappa shape index (κ3) is 5.77. The van der Waals surface area contributed by atoms with Gasteiger partial charge in [-0.3, -0.25) is 9.36 Å². The van der Waals surface area contributed by atoms with Gasteiger partial charge in [0.25, 0.3) is 5.56 Å². The number of carbonyl (C=O) groups excluding carboxylic acids is 1. The topological polar surface area (TPSA) is 79.1 Å². The van der Waals surface area contributed by atoms with Crippen LogP contribution in [-0.2, 0) is 16.1 Å². The lowest BCUT2D eigenvalue weighted by Crippen LogP contribution is -2.40. The molecular formula is C32H30N2O5S. The van der Waals surface area contributed by atoms with Crippen molar-refractivity contribution in [2.45, 2.75) is 39.5 Å². The van der Waals surface area contributed by atoms with Crippen LogP contribution in [0.15, 0.2) is 99.9 Å². The molecule has 1 aromatic heterocycles. The number of methoxy groups -OCH3 is 1. The summed E-state index contributed by atoms with van der Waals surface area (Å²) in [6.07, 6.45) is 1.52. The third-order valence-corrected chi connectivity index (χ3v) is 7.43. The number of fused-ring (bicyclic) bond motifs is 1. The molecule has 5 rings (SSSR count). The molecule has 0 saturated heterocycles. The molecule has 0 spiro atoms. The van der Waals surface area contributed by atoms with Crippen molar-refractivity contribution in [2.24, 2.45) is 4.99 Å². The Bertz CT molecular complexity index is 1720. The fourth-order valence-corrected chi connectivity index (χ4v) is 5.56. The summed E-state index contributed by atoms with van der Waals surface area (Å²) >= 11 is 1.29. The van der Waals surface area contributed by atoms with E-state index in [-0.39, 0.29) is 11.7 Å². The monoisotopic (exact) mass is 554 g/mol. The van der Waals surface area contributed by atoms with Crippen molar-refractivity contribution in [1.82, 2.24) is 4.57 Å². The molecule has 0 radical (unpaired) electrons. The normalized spacial score (nSPS) is 15.0. The Morgan fingerprint density at radius 1 is 1.00 bits per heavy atom. The van der Waals surface area contributed by atoms with Crippen LogP contribution in [0.4, 0.5) is 0 Å². The molecule has 0 bridgehead atoms. The number of nitrogens with zero attached hydrogens (tertiary/aromatic N) is 2. The first kappa shape index (κ1) is 27.1. The number of rotatable bonds is 8. The van der Waals surface area contributed by atoms with Crippen LogP contribution in [0.2, 0.25) is 0 Å². The van der Waals surface area contributed by atoms with Gasteiger partial charge in [0, 0.05) is 0 Å². The summed E-state index contributed by atoms with van der Waals surface area (Å²) < 4.78 is 18.9. The predicted octanol–water partition coefficient (Wildman–Crippen LogP) is 4.77. The van der Waals surface area contributed by atoms with Crippen molar-refractivity contribution in [2.75, 3.05) is 7.11 Å². The smallest absolute Gasteiger partial charge is 0.338 e. The second kappa shape index (κ2) is 11.8. The highest BCUT2D eigenvalue weighted by Gasteiger charge is 2.33. The number of esters is 1. The highest BCUT2D eigenvalue weighted by atomic mass is 32.1. The fourth-order valence-electron chi connectivity index (χ4n) is 4.51. The van der Waals surface area contributed by atoms with Crippen LogP contribution < -0.4 is 24.4 Å². The van der Waals surface area contributed by atoms with Crippen LogP contribution in [0.3, 0.4) is 0 Å². The Balaban J connectivity index is 1.51. The molecule has 7 nitrogen and oxygen atoms in total. The number of carbonyl (C=O) groups is 1. The Morgan fingerprint density at radius 2 is 1.68 bits per heavy atom. The minimum Gasteiger partial charge on any atom is -0.497 e. The molecule has 0 saturated carbocycles. The molecule has 0 amide bonds. The van der Waals surface area contributed by atoms with Crippen LogP contribution in [0.1, 0.15) is 43.5 Å². The van der Waals surface area contributed by atoms with Crippen LogP contribution in [-0.4, -0.2) is 23.8 Å². The van der Waals surface area contributed by atoms with Gasteiger partial charge in [-0.1, -0.05) is 65.9 Å². The molecule has 40 heavy (non-hydrogen) atoms. The van der Waals surface area contributed by atoms with E-state index >= 15 is 0 Å². The van der Waals surface area contributed by atoms with Gasteiger partial charge in [0.2, 0.25) is 0 Å². The molecule has 4 aromatic rings. The van der Waals surface area contributed by atoms with Gasteiger partial charge in [-0.25, -0.2) is 9.79 Å². The van der Waals surface area contributed by atoms with Crippen molar-refractivity contribution in [3.05, 3.63) is 127 Å². The SMILES string of the molecule is COc1ccc([C@@H]2C(C(=O)OC(C)C)=C(C)N=c3s/c(=C/c4ccc(OCc5ccccc5)cc4)c(=O)n32)cc1. The van der Waals surface area contributed by atoms with Crippen molar-refractivity contribution >= 4 is 23.4 Å². The van der Waals surface area contributed by atoms with E-state index in [1.54, 1.807) is 32.4 Å². The van der Waals surface area contributed by atoms with E-state index in [0.717, 1.165) is 22.4 Å². The van der Waals surface area contributed by atoms with E-state index in [1.807, 2.05) is 84.9 Å². The Kier molecular flexibility index (Phi) is 7.98. The summed E-state index contributed by atoms with van der Waals surface area (Å²) in [5, 5.41) is 0. The van der Waals surface area contributed by atoms with Gasteiger partial charge in [-0.05, 0) is 67.8 Å². The van der Waals surface area contributed by atoms with Gasteiger partial charge < -0.3 is 14.2 Å². The minimum absolute atomic E-state index is 0.226. The van der Waals surface area contributed by atoms with E-state index in [1.165, 1.54) is 11.3 Å². The Hall–Kier alpha value is -4.43. The number of benzene rings is 3. The number of thiazole rings is 1. The molecule has 1 atom stereocenters. The molecule has 1 aliphatic rings. The van der Waals surface area contributed by atoms with Crippen LogP contribution >= 0.6 is 11.3 Å². The lowest BCUT2D eigenvalue weighted by molar-refractivity contribution is -0.143. The van der Waals surface area contributed by atoms with Gasteiger partial charge in [0.15, 0.2) is 4.80 Å². The van der Waals surface area contributed by atoms with Gasteiger partial charge in [-0.2, -0.15) is 0 Å². The second-order valence-corrected chi connectivity index (χ2v) is 10.7. The van der Waals surface area contributed by atoms with Crippen molar-refractivity contribution in [3.8, 4) is 11.5 Å². The Labute approximate surface area is 236 Å². The highest BCUT2D eigenvalue weighted by molar-refractivity contribution is 7.07. The largest absolute Gasteiger partial charge is 0.497 e. The molecule has 204 valence electrons. The summed E-state index contributed by atoms with van der Waals surface area (Å²) in [4.78, 5) is 32.2. The molecule has 0 fully saturated rings. The zero-order valence-corrected chi connectivity index (χ0v) is 23.6. The van der Waals surface area contributed by atoms with E-state index in [0.29, 0.717) is 33.0 Å². The predicted molar refractivity (Wildman–Crippen MR) is 155 cm³/mol. The summed E-state index contributed by atoms with van der Waals surface area (Å²) in [6.45, 7) is 5.84. The average Bonchev–Trinajstić information content (AvgIpc) is 3.26.